The third kappa shape index (κ3) is 5.53. The molecule has 1 aromatic carbocycles. The van der Waals surface area contributed by atoms with E-state index in [1.54, 1.807) is 29.0 Å². The number of carbonyl (C=O) groups excluding carboxylic acids is 3. The van der Waals surface area contributed by atoms with Gasteiger partial charge in [0, 0.05) is 33.6 Å². The lowest BCUT2D eigenvalue weighted by atomic mass is 10.2. The first-order valence-corrected chi connectivity index (χ1v) is 9.51. The second-order valence-corrected chi connectivity index (χ2v) is 7.79. The van der Waals surface area contributed by atoms with Crippen LogP contribution in [-0.2, 0) is 31.0 Å². The molecule has 142 valence electrons. The van der Waals surface area contributed by atoms with Crippen LogP contribution in [0.25, 0.3) is 0 Å². The second-order valence-electron chi connectivity index (χ2n) is 6.11. The van der Waals surface area contributed by atoms with Crippen LogP contribution in [0.4, 0.5) is 0 Å². The van der Waals surface area contributed by atoms with E-state index < -0.39 is 15.9 Å². The van der Waals surface area contributed by atoms with Crippen LogP contribution in [0.1, 0.15) is 12.5 Å². The molecule has 1 aliphatic rings. The highest BCUT2D eigenvalue weighted by atomic mass is 32.2. The van der Waals surface area contributed by atoms with Crippen LogP contribution in [0.15, 0.2) is 29.2 Å². The van der Waals surface area contributed by atoms with Crippen LogP contribution >= 0.6 is 0 Å². The fourth-order valence-electron chi connectivity index (χ4n) is 2.40. The Balaban J connectivity index is 1.94. The summed E-state index contributed by atoms with van der Waals surface area (Å²) in [6.07, 6.45) is 0. The summed E-state index contributed by atoms with van der Waals surface area (Å²) < 4.78 is 26.6. The molecule has 0 spiro atoms. The van der Waals surface area contributed by atoms with Gasteiger partial charge in [0.05, 0.1) is 18.0 Å². The smallest absolute Gasteiger partial charge is 0.264 e. The van der Waals surface area contributed by atoms with Crippen molar-refractivity contribution in [2.24, 2.45) is 0 Å². The molecule has 1 saturated heterocycles. The van der Waals surface area contributed by atoms with Gasteiger partial charge in [0.1, 0.15) is 0 Å². The van der Waals surface area contributed by atoms with Crippen molar-refractivity contribution in [3.63, 3.8) is 0 Å². The van der Waals surface area contributed by atoms with Gasteiger partial charge in [-0.05, 0) is 17.7 Å². The van der Waals surface area contributed by atoms with Crippen molar-refractivity contribution in [3.05, 3.63) is 29.8 Å². The number of sulfonamides is 1. The Morgan fingerprint density at radius 1 is 1.15 bits per heavy atom. The first kappa shape index (κ1) is 19.9. The molecule has 2 rings (SSSR count). The summed E-state index contributed by atoms with van der Waals surface area (Å²) in [5, 5.41) is 2.61. The van der Waals surface area contributed by atoms with Gasteiger partial charge in [0.25, 0.3) is 10.0 Å². The molecule has 3 amide bonds. The Labute approximate surface area is 152 Å². The van der Waals surface area contributed by atoms with Crippen molar-refractivity contribution in [2.75, 3.05) is 33.2 Å². The summed E-state index contributed by atoms with van der Waals surface area (Å²) in [7, 11) is -2.31. The molecule has 9 nitrogen and oxygen atoms in total. The average molecular weight is 382 g/mol. The molecule has 1 fully saturated rings. The van der Waals surface area contributed by atoms with Crippen LogP contribution < -0.4 is 10.0 Å². The molecule has 0 aliphatic carbocycles. The molecule has 26 heavy (non-hydrogen) atoms. The number of hydrogen-bond acceptors (Lipinski definition) is 6. The minimum absolute atomic E-state index is 0.0492. The van der Waals surface area contributed by atoms with E-state index in [-0.39, 0.29) is 29.8 Å². The van der Waals surface area contributed by atoms with Crippen LogP contribution in [-0.4, -0.2) is 69.2 Å². The highest BCUT2D eigenvalue weighted by Gasteiger charge is 2.24. The number of amides is 3. The molecule has 0 atom stereocenters. The number of nitrogens with zero attached hydrogens (tertiary/aromatic N) is 2. The maximum atomic E-state index is 12.3. The molecule has 2 N–H and O–H groups in total. The van der Waals surface area contributed by atoms with Gasteiger partial charge in [-0.15, -0.1) is 0 Å². The van der Waals surface area contributed by atoms with Gasteiger partial charge in [0.2, 0.25) is 17.7 Å². The minimum Gasteiger partial charge on any atom is -0.352 e. The number of rotatable bonds is 6. The van der Waals surface area contributed by atoms with Gasteiger partial charge >= 0.3 is 0 Å². The van der Waals surface area contributed by atoms with Crippen molar-refractivity contribution >= 4 is 27.7 Å². The SMILES string of the molecule is CC(=O)NCc1ccc(S(=O)(=O)NC(=O)CN2CCN(C)C(=O)C2)cc1. The molecule has 1 heterocycles. The molecular formula is C16H22N4O5S. The van der Waals surface area contributed by atoms with E-state index in [1.165, 1.54) is 19.1 Å². The highest BCUT2D eigenvalue weighted by Crippen LogP contribution is 2.11. The molecule has 0 radical (unpaired) electrons. The number of benzene rings is 1. The fraction of sp³-hybridized carbons (Fsp3) is 0.438. The number of hydrogen-bond donors (Lipinski definition) is 2. The summed E-state index contributed by atoms with van der Waals surface area (Å²) in [5.41, 5.74) is 0.737. The number of piperazine rings is 1. The summed E-state index contributed by atoms with van der Waals surface area (Å²) >= 11 is 0. The zero-order valence-corrected chi connectivity index (χ0v) is 15.5. The Morgan fingerprint density at radius 3 is 2.38 bits per heavy atom. The summed E-state index contributed by atoms with van der Waals surface area (Å²) in [6, 6.07) is 5.86. The van der Waals surface area contributed by atoms with Crippen molar-refractivity contribution in [2.45, 2.75) is 18.4 Å². The predicted octanol–water partition coefficient (Wildman–Crippen LogP) is -1.10. The lowest BCUT2D eigenvalue weighted by Gasteiger charge is -2.31. The third-order valence-corrected chi connectivity index (χ3v) is 5.32. The van der Waals surface area contributed by atoms with E-state index in [4.69, 9.17) is 0 Å². The predicted molar refractivity (Wildman–Crippen MR) is 93.4 cm³/mol. The minimum atomic E-state index is -3.99. The molecular weight excluding hydrogens is 360 g/mol. The van der Waals surface area contributed by atoms with Crippen molar-refractivity contribution in [1.82, 2.24) is 19.8 Å². The second kappa shape index (κ2) is 8.28. The topological polar surface area (TPSA) is 116 Å². The summed E-state index contributed by atoms with van der Waals surface area (Å²) in [6.45, 7) is 2.60. The highest BCUT2D eigenvalue weighted by molar-refractivity contribution is 7.90. The Kier molecular flexibility index (Phi) is 6.32. The van der Waals surface area contributed by atoms with E-state index in [0.29, 0.717) is 19.6 Å². The standard InChI is InChI=1S/C16H22N4O5S/c1-12(21)17-9-13-3-5-14(6-4-13)26(24,25)18-15(22)10-20-8-7-19(2)16(23)11-20/h3-6H,7-11H2,1-2H3,(H,17,21)(H,18,22). The first-order chi connectivity index (χ1) is 12.2. The van der Waals surface area contributed by atoms with Crippen LogP contribution in [0, 0.1) is 0 Å². The first-order valence-electron chi connectivity index (χ1n) is 8.03. The zero-order chi connectivity index (χ0) is 19.3. The summed E-state index contributed by atoms with van der Waals surface area (Å²) in [4.78, 5) is 37.7. The molecule has 10 heteroatoms. The number of likely N-dealkylation sites (N-methyl/N-ethyl adjacent to an activating group) is 1. The molecule has 0 unspecified atom stereocenters. The molecule has 0 saturated carbocycles. The molecule has 0 bridgehead atoms. The number of nitrogens with one attached hydrogen (secondary N) is 2. The van der Waals surface area contributed by atoms with Gasteiger partial charge in [0.15, 0.2) is 0 Å². The Morgan fingerprint density at radius 2 is 1.81 bits per heavy atom. The van der Waals surface area contributed by atoms with Gasteiger partial charge in [-0.2, -0.15) is 0 Å². The van der Waals surface area contributed by atoms with E-state index in [0.717, 1.165) is 5.56 Å². The van der Waals surface area contributed by atoms with Gasteiger partial charge in [-0.3, -0.25) is 19.3 Å². The molecule has 1 aliphatic heterocycles. The van der Waals surface area contributed by atoms with Crippen molar-refractivity contribution in [1.29, 1.82) is 0 Å². The lowest BCUT2D eigenvalue weighted by molar-refractivity contribution is -0.135. The zero-order valence-electron chi connectivity index (χ0n) is 14.7. The fourth-order valence-corrected chi connectivity index (χ4v) is 3.38. The normalized spacial score (nSPS) is 15.6. The Bertz CT molecular complexity index is 791. The van der Waals surface area contributed by atoms with E-state index >= 15 is 0 Å². The number of carbonyl (C=O) groups is 3. The monoisotopic (exact) mass is 382 g/mol. The van der Waals surface area contributed by atoms with Gasteiger partial charge in [-0.25, -0.2) is 13.1 Å². The quantitative estimate of drug-likeness (QED) is 0.645. The summed E-state index contributed by atoms with van der Waals surface area (Å²) in [5.74, 6) is -0.984. The van der Waals surface area contributed by atoms with E-state index in [2.05, 4.69) is 5.32 Å². The van der Waals surface area contributed by atoms with E-state index in [1.807, 2.05) is 4.72 Å². The Hall–Kier alpha value is -2.46. The van der Waals surface area contributed by atoms with Crippen molar-refractivity contribution < 1.29 is 22.8 Å². The maximum absolute atomic E-state index is 12.3. The van der Waals surface area contributed by atoms with Crippen molar-refractivity contribution in [3.8, 4) is 0 Å². The van der Waals surface area contributed by atoms with Gasteiger partial charge < -0.3 is 10.2 Å². The maximum Gasteiger partial charge on any atom is 0.264 e. The third-order valence-electron chi connectivity index (χ3n) is 3.93. The molecule has 0 aromatic heterocycles. The lowest BCUT2D eigenvalue weighted by Crippen LogP contribution is -2.51. The van der Waals surface area contributed by atoms with Crippen LogP contribution in [0.5, 0.6) is 0 Å². The molecule has 1 aromatic rings. The van der Waals surface area contributed by atoms with E-state index in [9.17, 15) is 22.8 Å². The largest absolute Gasteiger partial charge is 0.352 e. The average Bonchev–Trinajstić information content (AvgIpc) is 2.56. The van der Waals surface area contributed by atoms with Crippen LogP contribution in [0.2, 0.25) is 0 Å². The van der Waals surface area contributed by atoms with Gasteiger partial charge in [-0.1, -0.05) is 12.1 Å². The van der Waals surface area contributed by atoms with Crippen LogP contribution in [0.3, 0.4) is 0 Å².